The van der Waals surface area contributed by atoms with E-state index >= 15 is 0 Å². The van der Waals surface area contributed by atoms with Crippen LogP contribution in [0.3, 0.4) is 0 Å². The van der Waals surface area contributed by atoms with E-state index in [1.807, 2.05) is 0 Å². The summed E-state index contributed by atoms with van der Waals surface area (Å²) in [6.45, 7) is 4.82. The highest BCUT2D eigenvalue weighted by Gasteiger charge is 2.05. The molecule has 0 fully saturated rings. The standard InChI is InChI=1S/C18H20O3/c1-3-14-5-7-15(8-6-14)13-21-17-11-9-16(10-12-17)18(19)20-4-2/h5-12H,3-4,13H2,1-2H3. The molecule has 0 aliphatic rings. The summed E-state index contributed by atoms with van der Waals surface area (Å²) >= 11 is 0. The maximum Gasteiger partial charge on any atom is 0.338 e. The van der Waals surface area contributed by atoms with Crippen molar-refractivity contribution in [2.45, 2.75) is 26.9 Å². The van der Waals surface area contributed by atoms with E-state index in [1.165, 1.54) is 5.56 Å². The molecule has 110 valence electrons. The number of hydrogen-bond donors (Lipinski definition) is 0. The number of rotatable bonds is 6. The highest BCUT2D eigenvalue weighted by Crippen LogP contribution is 2.15. The van der Waals surface area contributed by atoms with Gasteiger partial charge in [-0.3, -0.25) is 0 Å². The normalized spacial score (nSPS) is 10.2. The largest absolute Gasteiger partial charge is 0.489 e. The summed E-state index contributed by atoms with van der Waals surface area (Å²) in [7, 11) is 0. The molecule has 0 bridgehead atoms. The van der Waals surface area contributed by atoms with Gasteiger partial charge in [0.1, 0.15) is 12.4 Å². The summed E-state index contributed by atoms with van der Waals surface area (Å²) < 4.78 is 10.6. The molecule has 2 rings (SSSR count). The molecule has 21 heavy (non-hydrogen) atoms. The highest BCUT2D eigenvalue weighted by molar-refractivity contribution is 5.89. The quantitative estimate of drug-likeness (QED) is 0.752. The van der Waals surface area contributed by atoms with Gasteiger partial charge in [0.2, 0.25) is 0 Å². The second-order valence-electron chi connectivity index (χ2n) is 4.70. The van der Waals surface area contributed by atoms with Gasteiger partial charge in [-0.05, 0) is 48.7 Å². The van der Waals surface area contributed by atoms with Crippen LogP contribution in [0.5, 0.6) is 5.75 Å². The Morgan fingerprint density at radius 2 is 1.52 bits per heavy atom. The smallest absolute Gasteiger partial charge is 0.338 e. The predicted molar refractivity (Wildman–Crippen MR) is 82.6 cm³/mol. The zero-order valence-electron chi connectivity index (χ0n) is 12.5. The lowest BCUT2D eigenvalue weighted by molar-refractivity contribution is 0.0526. The monoisotopic (exact) mass is 284 g/mol. The Morgan fingerprint density at radius 3 is 2.10 bits per heavy atom. The molecule has 3 nitrogen and oxygen atoms in total. The fourth-order valence-corrected chi connectivity index (χ4v) is 1.94. The molecule has 0 aromatic heterocycles. The average molecular weight is 284 g/mol. The Balaban J connectivity index is 1.92. The predicted octanol–water partition coefficient (Wildman–Crippen LogP) is 4.00. The van der Waals surface area contributed by atoms with Crippen molar-refractivity contribution in [1.82, 2.24) is 0 Å². The third-order valence-electron chi connectivity index (χ3n) is 3.20. The lowest BCUT2D eigenvalue weighted by Gasteiger charge is -2.08. The molecule has 0 N–H and O–H groups in total. The van der Waals surface area contributed by atoms with Crippen molar-refractivity contribution < 1.29 is 14.3 Å². The van der Waals surface area contributed by atoms with Gasteiger partial charge >= 0.3 is 5.97 Å². The van der Waals surface area contributed by atoms with Crippen molar-refractivity contribution in [3.05, 3.63) is 65.2 Å². The van der Waals surface area contributed by atoms with E-state index in [4.69, 9.17) is 9.47 Å². The van der Waals surface area contributed by atoms with Crippen molar-refractivity contribution in [3.8, 4) is 5.75 Å². The van der Waals surface area contributed by atoms with Gasteiger partial charge in [0.25, 0.3) is 0 Å². The van der Waals surface area contributed by atoms with Gasteiger partial charge in [0.15, 0.2) is 0 Å². The Kier molecular flexibility index (Phi) is 5.38. The molecule has 0 aliphatic heterocycles. The van der Waals surface area contributed by atoms with Gasteiger partial charge < -0.3 is 9.47 Å². The van der Waals surface area contributed by atoms with Gasteiger partial charge in [0, 0.05) is 0 Å². The van der Waals surface area contributed by atoms with Crippen molar-refractivity contribution in [1.29, 1.82) is 0 Å². The molecule has 0 amide bonds. The molecule has 0 saturated carbocycles. The Labute approximate surface area is 125 Å². The molecular formula is C18H20O3. The van der Waals surface area contributed by atoms with E-state index in [0.29, 0.717) is 18.8 Å². The minimum atomic E-state index is -0.306. The number of hydrogen-bond acceptors (Lipinski definition) is 3. The van der Waals surface area contributed by atoms with Crippen LogP contribution in [0, 0.1) is 0 Å². The summed E-state index contributed by atoms with van der Waals surface area (Å²) in [5.41, 5.74) is 2.98. The number of carbonyl (C=O) groups excluding carboxylic acids is 1. The fourth-order valence-electron chi connectivity index (χ4n) is 1.94. The van der Waals surface area contributed by atoms with Gasteiger partial charge in [-0.1, -0.05) is 31.2 Å². The summed E-state index contributed by atoms with van der Waals surface area (Å²) in [4.78, 5) is 11.5. The second kappa shape index (κ2) is 7.48. The van der Waals surface area contributed by atoms with Crippen LogP contribution >= 0.6 is 0 Å². The number of esters is 1. The van der Waals surface area contributed by atoms with E-state index in [1.54, 1.807) is 31.2 Å². The van der Waals surface area contributed by atoms with Crippen LogP contribution in [0.15, 0.2) is 48.5 Å². The fraction of sp³-hybridized carbons (Fsp3) is 0.278. The summed E-state index contributed by atoms with van der Waals surface area (Å²) in [5.74, 6) is 0.432. The first-order chi connectivity index (χ1) is 10.2. The first-order valence-electron chi connectivity index (χ1n) is 7.20. The van der Waals surface area contributed by atoms with Gasteiger partial charge in [0.05, 0.1) is 12.2 Å². The van der Waals surface area contributed by atoms with Gasteiger partial charge in [-0.15, -0.1) is 0 Å². The SMILES string of the molecule is CCOC(=O)c1ccc(OCc2ccc(CC)cc2)cc1. The van der Waals surface area contributed by atoms with Crippen molar-refractivity contribution in [3.63, 3.8) is 0 Å². The van der Waals surface area contributed by atoms with E-state index in [9.17, 15) is 4.79 Å². The lowest BCUT2D eigenvalue weighted by Crippen LogP contribution is -2.04. The zero-order chi connectivity index (χ0) is 15.1. The first-order valence-corrected chi connectivity index (χ1v) is 7.20. The van der Waals surface area contributed by atoms with Crippen LogP contribution in [0.2, 0.25) is 0 Å². The van der Waals surface area contributed by atoms with E-state index in [0.717, 1.165) is 17.7 Å². The van der Waals surface area contributed by atoms with Crippen LogP contribution < -0.4 is 4.74 Å². The van der Waals surface area contributed by atoms with Crippen LogP contribution in [0.25, 0.3) is 0 Å². The van der Waals surface area contributed by atoms with Crippen molar-refractivity contribution in [2.75, 3.05) is 6.61 Å². The van der Waals surface area contributed by atoms with Crippen molar-refractivity contribution in [2.24, 2.45) is 0 Å². The van der Waals surface area contributed by atoms with Crippen LogP contribution in [0.4, 0.5) is 0 Å². The summed E-state index contributed by atoms with van der Waals surface area (Å²) in [5, 5.41) is 0. The van der Waals surface area contributed by atoms with E-state index in [-0.39, 0.29) is 5.97 Å². The van der Waals surface area contributed by atoms with Crippen molar-refractivity contribution >= 4 is 5.97 Å². The molecule has 0 heterocycles. The van der Waals surface area contributed by atoms with E-state index < -0.39 is 0 Å². The zero-order valence-corrected chi connectivity index (χ0v) is 12.5. The number of ether oxygens (including phenoxy) is 2. The molecule has 2 aromatic rings. The summed E-state index contributed by atoms with van der Waals surface area (Å²) in [6, 6.07) is 15.4. The minimum absolute atomic E-state index is 0.306. The third kappa shape index (κ3) is 4.35. The van der Waals surface area contributed by atoms with Crippen LogP contribution in [-0.4, -0.2) is 12.6 Å². The second-order valence-corrected chi connectivity index (χ2v) is 4.70. The molecule has 0 aliphatic carbocycles. The topological polar surface area (TPSA) is 35.5 Å². The number of benzene rings is 2. The third-order valence-corrected chi connectivity index (χ3v) is 3.20. The average Bonchev–Trinajstić information content (AvgIpc) is 2.54. The molecule has 0 radical (unpaired) electrons. The number of aryl methyl sites for hydroxylation is 1. The van der Waals surface area contributed by atoms with Gasteiger partial charge in [-0.25, -0.2) is 4.79 Å². The van der Waals surface area contributed by atoms with Crippen LogP contribution in [-0.2, 0) is 17.8 Å². The van der Waals surface area contributed by atoms with Crippen LogP contribution in [0.1, 0.15) is 35.3 Å². The molecule has 0 spiro atoms. The Morgan fingerprint density at radius 1 is 0.905 bits per heavy atom. The maximum atomic E-state index is 11.5. The minimum Gasteiger partial charge on any atom is -0.489 e. The molecule has 0 atom stereocenters. The molecule has 3 heteroatoms. The molecule has 0 unspecified atom stereocenters. The van der Waals surface area contributed by atoms with Gasteiger partial charge in [-0.2, -0.15) is 0 Å². The maximum absolute atomic E-state index is 11.5. The summed E-state index contributed by atoms with van der Waals surface area (Å²) in [6.07, 6.45) is 1.04. The molecular weight excluding hydrogens is 264 g/mol. The Hall–Kier alpha value is -2.29. The molecule has 0 saturated heterocycles. The molecule has 2 aromatic carbocycles. The Bertz CT molecular complexity index is 570. The first kappa shape index (κ1) is 15.1. The number of carbonyl (C=O) groups is 1. The highest BCUT2D eigenvalue weighted by atomic mass is 16.5. The van der Waals surface area contributed by atoms with E-state index in [2.05, 4.69) is 31.2 Å². The lowest BCUT2D eigenvalue weighted by atomic mass is 10.1.